The number of hydrogen-bond acceptors (Lipinski definition) is 5. The van der Waals surface area contributed by atoms with E-state index in [1.807, 2.05) is 38.1 Å². The van der Waals surface area contributed by atoms with Crippen molar-refractivity contribution in [2.75, 3.05) is 5.32 Å². The Labute approximate surface area is 185 Å². The molecule has 1 aromatic heterocycles. The van der Waals surface area contributed by atoms with Crippen LogP contribution >= 0.6 is 11.3 Å². The van der Waals surface area contributed by atoms with Gasteiger partial charge < -0.3 is 5.32 Å². The van der Waals surface area contributed by atoms with Crippen molar-refractivity contribution in [2.45, 2.75) is 24.8 Å². The SMILES string of the molecule is Cc1nc2ccc(S(=O)(=O)N[C@@H](C(=O)Nc3ccccc3C)c3ccccc3)cc2s1. The topological polar surface area (TPSA) is 88.2 Å². The summed E-state index contributed by atoms with van der Waals surface area (Å²) in [5, 5.41) is 3.70. The van der Waals surface area contributed by atoms with E-state index in [4.69, 9.17) is 0 Å². The first-order chi connectivity index (χ1) is 14.8. The number of nitrogens with zero attached hydrogens (tertiary/aromatic N) is 1. The highest BCUT2D eigenvalue weighted by Crippen LogP contribution is 2.26. The number of anilines is 1. The van der Waals surface area contributed by atoms with Gasteiger partial charge in [-0.05, 0) is 49.2 Å². The van der Waals surface area contributed by atoms with Gasteiger partial charge in [0.2, 0.25) is 15.9 Å². The van der Waals surface area contributed by atoms with Gasteiger partial charge in [0.15, 0.2) is 0 Å². The number of aromatic nitrogens is 1. The van der Waals surface area contributed by atoms with Crippen LogP contribution in [0.1, 0.15) is 22.2 Å². The Hall–Kier alpha value is -3.07. The van der Waals surface area contributed by atoms with Crippen LogP contribution in [0.5, 0.6) is 0 Å². The van der Waals surface area contributed by atoms with Crippen LogP contribution in [-0.4, -0.2) is 19.3 Å². The summed E-state index contributed by atoms with van der Waals surface area (Å²) < 4.78 is 29.7. The van der Waals surface area contributed by atoms with Gasteiger partial charge in [0.05, 0.1) is 20.1 Å². The number of fused-ring (bicyclic) bond motifs is 1. The van der Waals surface area contributed by atoms with Crippen LogP contribution in [0.2, 0.25) is 0 Å². The lowest BCUT2D eigenvalue weighted by Crippen LogP contribution is -2.37. The summed E-state index contributed by atoms with van der Waals surface area (Å²) in [6.45, 7) is 3.75. The lowest BCUT2D eigenvalue weighted by Gasteiger charge is -2.20. The third-order valence-corrected chi connectivity index (χ3v) is 7.20. The predicted octanol–water partition coefficient (Wildman–Crippen LogP) is 4.57. The maximum absolute atomic E-state index is 13.2. The minimum atomic E-state index is -3.97. The van der Waals surface area contributed by atoms with Gasteiger partial charge in [0, 0.05) is 5.69 Å². The minimum Gasteiger partial charge on any atom is -0.324 e. The molecule has 0 aliphatic carbocycles. The number of benzene rings is 3. The maximum Gasteiger partial charge on any atom is 0.247 e. The quantitative estimate of drug-likeness (QED) is 0.449. The fourth-order valence-electron chi connectivity index (χ4n) is 3.25. The van der Waals surface area contributed by atoms with Crippen molar-refractivity contribution in [3.8, 4) is 0 Å². The molecule has 0 aliphatic heterocycles. The average molecular weight is 452 g/mol. The molecule has 2 N–H and O–H groups in total. The molecule has 0 bridgehead atoms. The summed E-state index contributed by atoms with van der Waals surface area (Å²) in [5.41, 5.74) is 2.82. The van der Waals surface area contributed by atoms with E-state index in [9.17, 15) is 13.2 Å². The Balaban J connectivity index is 1.68. The van der Waals surface area contributed by atoms with E-state index in [2.05, 4.69) is 15.0 Å². The molecule has 0 fully saturated rings. The molecule has 1 amide bonds. The van der Waals surface area contributed by atoms with Crippen molar-refractivity contribution in [3.05, 3.63) is 88.9 Å². The third kappa shape index (κ3) is 4.66. The molecule has 0 saturated heterocycles. The van der Waals surface area contributed by atoms with E-state index in [0.29, 0.717) is 11.3 Å². The summed E-state index contributed by atoms with van der Waals surface area (Å²) in [5.74, 6) is -0.459. The van der Waals surface area contributed by atoms with Crippen molar-refractivity contribution >= 4 is 43.2 Å². The van der Waals surface area contributed by atoms with Crippen LogP contribution in [0.4, 0.5) is 5.69 Å². The van der Waals surface area contributed by atoms with Crippen LogP contribution in [-0.2, 0) is 14.8 Å². The smallest absolute Gasteiger partial charge is 0.247 e. The van der Waals surface area contributed by atoms with Crippen molar-refractivity contribution in [2.24, 2.45) is 0 Å². The zero-order valence-corrected chi connectivity index (χ0v) is 18.6. The van der Waals surface area contributed by atoms with Crippen LogP contribution in [0.25, 0.3) is 10.2 Å². The molecular weight excluding hydrogens is 430 g/mol. The molecule has 0 unspecified atom stereocenters. The molecule has 6 nitrogen and oxygen atoms in total. The van der Waals surface area contributed by atoms with E-state index in [0.717, 1.165) is 20.8 Å². The van der Waals surface area contributed by atoms with Gasteiger partial charge >= 0.3 is 0 Å². The first-order valence-electron chi connectivity index (χ1n) is 9.64. The number of rotatable bonds is 6. The van der Waals surface area contributed by atoms with Gasteiger partial charge in [-0.1, -0.05) is 48.5 Å². The largest absolute Gasteiger partial charge is 0.324 e. The number of aryl methyl sites for hydroxylation is 2. The standard InChI is InChI=1S/C23H21N3O3S2/c1-15-8-6-7-11-19(15)25-23(27)22(17-9-4-3-5-10-17)26-31(28,29)18-12-13-20-21(14-18)30-16(2)24-20/h3-14,22,26H,1-2H3,(H,25,27)/t22-/m1/s1. The Morgan fingerprint density at radius 1 is 0.968 bits per heavy atom. The number of sulfonamides is 1. The molecular formula is C23H21N3O3S2. The lowest BCUT2D eigenvalue weighted by molar-refractivity contribution is -0.117. The number of para-hydroxylation sites is 1. The van der Waals surface area contributed by atoms with Crippen molar-refractivity contribution in [3.63, 3.8) is 0 Å². The molecule has 0 saturated carbocycles. The molecule has 1 atom stereocenters. The highest BCUT2D eigenvalue weighted by Gasteiger charge is 2.28. The van der Waals surface area contributed by atoms with E-state index < -0.39 is 22.0 Å². The normalized spacial score (nSPS) is 12.6. The Bertz CT molecular complexity index is 1350. The minimum absolute atomic E-state index is 0.0910. The first-order valence-corrected chi connectivity index (χ1v) is 11.9. The second-order valence-electron chi connectivity index (χ2n) is 7.13. The zero-order chi connectivity index (χ0) is 22.0. The van der Waals surface area contributed by atoms with Crippen LogP contribution in [0, 0.1) is 13.8 Å². The van der Waals surface area contributed by atoms with Crippen molar-refractivity contribution in [1.29, 1.82) is 0 Å². The molecule has 0 spiro atoms. The predicted molar refractivity (Wildman–Crippen MR) is 124 cm³/mol. The second kappa shape index (κ2) is 8.58. The van der Waals surface area contributed by atoms with E-state index in [1.54, 1.807) is 42.5 Å². The highest BCUT2D eigenvalue weighted by molar-refractivity contribution is 7.89. The molecule has 4 rings (SSSR count). The molecule has 8 heteroatoms. The Morgan fingerprint density at radius 3 is 2.42 bits per heavy atom. The van der Waals surface area contributed by atoms with Crippen molar-refractivity contribution in [1.82, 2.24) is 9.71 Å². The number of hydrogen-bond donors (Lipinski definition) is 2. The summed E-state index contributed by atoms with van der Waals surface area (Å²) in [6, 6.07) is 19.8. The van der Waals surface area contributed by atoms with Gasteiger partial charge in [0.25, 0.3) is 0 Å². The fourth-order valence-corrected chi connectivity index (χ4v) is 5.40. The van der Waals surface area contributed by atoms with E-state index in [1.165, 1.54) is 17.4 Å². The summed E-state index contributed by atoms with van der Waals surface area (Å²) in [6.07, 6.45) is 0. The number of nitrogens with one attached hydrogen (secondary N) is 2. The van der Waals surface area contributed by atoms with Crippen LogP contribution in [0.3, 0.4) is 0 Å². The summed E-state index contributed by atoms with van der Waals surface area (Å²) >= 11 is 1.42. The number of amides is 1. The summed E-state index contributed by atoms with van der Waals surface area (Å²) in [7, 11) is -3.97. The van der Waals surface area contributed by atoms with Crippen LogP contribution in [0.15, 0.2) is 77.7 Å². The highest BCUT2D eigenvalue weighted by atomic mass is 32.2. The molecule has 31 heavy (non-hydrogen) atoms. The van der Waals surface area contributed by atoms with Gasteiger partial charge in [-0.15, -0.1) is 11.3 Å². The third-order valence-electron chi connectivity index (χ3n) is 4.85. The lowest BCUT2D eigenvalue weighted by atomic mass is 10.1. The van der Waals surface area contributed by atoms with E-state index >= 15 is 0 Å². The van der Waals surface area contributed by atoms with Crippen LogP contribution < -0.4 is 10.0 Å². The number of thiazole rings is 1. The molecule has 0 aliphatic rings. The maximum atomic E-state index is 13.2. The number of carbonyl (C=O) groups is 1. The fraction of sp³-hybridized carbons (Fsp3) is 0.130. The summed E-state index contributed by atoms with van der Waals surface area (Å²) in [4.78, 5) is 17.6. The monoisotopic (exact) mass is 451 g/mol. The molecule has 0 radical (unpaired) electrons. The van der Waals surface area contributed by atoms with Gasteiger partial charge in [-0.2, -0.15) is 4.72 Å². The van der Waals surface area contributed by atoms with Gasteiger partial charge in [-0.25, -0.2) is 13.4 Å². The molecule has 1 heterocycles. The molecule has 3 aromatic carbocycles. The van der Waals surface area contributed by atoms with E-state index in [-0.39, 0.29) is 4.90 Å². The Kier molecular flexibility index (Phi) is 5.86. The molecule has 4 aromatic rings. The van der Waals surface area contributed by atoms with Gasteiger partial charge in [-0.3, -0.25) is 4.79 Å². The number of carbonyl (C=O) groups excluding carboxylic acids is 1. The second-order valence-corrected chi connectivity index (χ2v) is 10.1. The zero-order valence-electron chi connectivity index (χ0n) is 17.0. The Morgan fingerprint density at radius 2 is 1.68 bits per heavy atom. The molecule has 158 valence electrons. The average Bonchev–Trinajstić information content (AvgIpc) is 3.13. The van der Waals surface area contributed by atoms with Gasteiger partial charge in [0.1, 0.15) is 6.04 Å². The van der Waals surface area contributed by atoms with Crippen molar-refractivity contribution < 1.29 is 13.2 Å². The first kappa shape index (κ1) is 21.2.